The lowest BCUT2D eigenvalue weighted by molar-refractivity contribution is -0.128. The first-order valence-corrected chi connectivity index (χ1v) is 8.66. The number of nitrogens with zero attached hydrogens (tertiary/aromatic N) is 2. The van der Waals surface area contributed by atoms with Gasteiger partial charge in [-0.2, -0.15) is 0 Å². The van der Waals surface area contributed by atoms with Gasteiger partial charge in [-0.05, 0) is 43.0 Å². The van der Waals surface area contributed by atoms with E-state index in [-0.39, 0.29) is 23.7 Å². The van der Waals surface area contributed by atoms with E-state index in [4.69, 9.17) is 0 Å². The highest BCUT2D eigenvalue weighted by Gasteiger charge is 2.49. The van der Waals surface area contributed by atoms with Gasteiger partial charge in [0.1, 0.15) is 6.33 Å². The number of benzene rings is 1. The van der Waals surface area contributed by atoms with Gasteiger partial charge >= 0.3 is 0 Å². The molecule has 1 aromatic heterocycles. The molecule has 0 radical (unpaired) electrons. The fraction of sp³-hybridized carbons (Fsp3) is 0.421. The molecule has 0 unspecified atom stereocenters. The average Bonchev–Trinajstić information content (AvgIpc) is 3.08. The maximum atomic E-state index is 13.0. The Morgan fingerprint density at radius 3 is 2.64 bits per heavy atom. The summed E-state index contributed by atoms with van der Waals surface area (Å²) in [6.07, 6.45) is 9.65. The van der Waals surface area contributed by atoms with E-state index in [9.17, 15) is 4.79 Å². The molecule has 1 aliphatic carbocycles. The zero-order chi connectivity index (χ0) is 16.4. The number of carbonyl (C=O) groups excluding carboxylic acids is 1. The molecule has 2 fully saturated rings. The second-order valence-corrected chi connectivity index (χ2v) is 6.89. The van der Waals surface area contributed by atoms with Crippen molar-refractivity contribution in [1.82, 2.24) is 15.3 Å². The topological polar surface area (TPSA) is 66.9 Å². The van der Waals surface area contributed by atoms with Gasteiger partial charge in [-0.3, -0.25) is 4.79 Å². The van der Waals surface area contributed by atoms with Gasteiger partial charge < -0.3 is 10.6 Å². The number of aromatic nitrogens is 2. The summed E-state index contributed by atoms with van der Waals surface area (Å²) in [6.45, 7) is 1.78. The SMILES string of the molecule is Cl.O=C(Nc1ccc(-c2cncnc2)cc1)[C@@]12CCCC[C@H]1CNC2. The first kappa shape index (κ1) is 17.8. The minimum atomic E-state index is -0.218. The number of carbonyl (C=O) groups is 1. The molecule has 0 bridgehead atoms. The molecule has 4 rings (SSSR count). The summed E-state index contributed by atoms with van der Waals surface area (Å²) < 4.78 is 0. The van der Waals surface area contributed by atoms with Gasteiger partial charge in [0.2, 0.25) is 5.91 Å². The maximum absolute atomic E-state index is 13.0. The van der Waals surface area contributed by atoms with Crippen molar-refractivity contribution in [2.75, 3.05) is 18.4 Å². The summed E-state index contributed by atoms with van der Waals surface area (Å²) in [6, 6.07) is 7.91. The molecule has 6 heteroatoms. The van der Waals surface area contributed by atoms with Crippen LogP contribution in [-0.4, -0.2) is 29.0 Å². The van der Waals surface area contributed by atoms with E-state index in [2.05, 4.69) is 20.6 Å². The second kappa shape index (κ2) is 7.50. The quantitative estimate of drug-likeness (QED) is 0.883. The van der Waals surface area contributed by atoms with Gasteiger partial charge in [0.25, 0.3) is 0 Å². The molecule has 2 aromatic rings. The molecule has 2 heterocycles. The molecule has 1 saturated heterocycles. The van der Waals surface area contributed by atoms with Crippen molar-refractivity contribution in [3.63, 3.8) is 0 Å². The Bertz CT molecular complexity index is 722. The molecule has 1 saturated carbocycles. The fourth-order valence-corrected chi connectivity index (χ4v) is 4.14. The third kappa shape index (κ3) is 3.39. The van der Waals surface area contributed by atoms with Gasteiger partial charge in [0.15, 0.2) is 0 Å². The summed E-state index contributed by atoms with van der Waals surface area (Å²) in [5.74, 6) is 0.653. The molecule has 25 heavy (non-hydrogen) atoms. The molecule has 2 atom stereocenters. The molecular weight excluding hydrogens is 336 g/mol. The fourth-order valence-electron chi connectivity index (χ4n) is 4.14. The first-order valence-electron chi connectivity index (χ1n) is 8.66. The highest BCUT2D eigenvalue weighted by atomic mass is 35.5. The summed E-state index contributed by atoms with van der Waals surface area (Å²) in [4.78, 5) is 21.0. The van der Waals surface area contributed by atoms with Crippen LogP contribution in [0.5, 0.6) is 0 Å². The molecule has 1 aliphatic heterocycles. The number of amides is 1. The lowest BCUT2D eigenvalue weighted by atomic mass is 9.67. The van der Waals surface area contributed by atoms with Crippen molar-refractivity contribution >= 4 is 24.0 Å². The molecule has 0 spiro atoms. The summed E-state index contributed by atoms with van der Waals surface area (Å²) >= 11 is 0. The van der Waals surface area contributed by atoms with E-state index >= 15 is 0 Å². The maximum Gasteiger partial charge on any atom is 0.232 e. The lowest BCUT2D eigenvalue weighted by Crippen LogP contribution is -2.44. The molecule has 1 aromatic carbocycles. The predicted molar refractivity (Wildman–Crippen MR) is 101 cm³/mol. The Kier molecular flexibility index (Phi) is 5.35. The lowest BCUT2D eigenvalue weighted by Gasteiger charge is -2.37. The molecule has 2 N–H and O–H groups in total. The summed E-state index contributed by atoms with van der Waals surface area (Å²) in [7, 11) is 0. The van der Waals surface area contributed by atoms with E-state index in [1.165, 1.54) is 12.7 Å². The molecule has 132 valence electrons. The van der Waals surface area contributed by atoms with Crippen molar-refractivity contribution in [1.29, 1.82) is 0 Å². The third-order valence-corrected chi connectivity index (χ3v) is 5.53. The predicted octanol–water partition coefficient (Wildman–Crippen LogP) is 3.28. The molecule has 1 amide bonds. The highest BCUT2D eigenvalue weighted by Crippen LogP contribution is 2.44. The van der Waals surface area contributed by atoms with E-state index in [1.54, 1.807) is 12.4 Å². The number of hydrogen-bond acceptors (Lipinski definition) is 4. The van der Waals surface area contributed by atoms with Gasteiger partial charge in [0.05, 0.1) is 5.41 Å². The van der Waals surface area contributed by atoms with Crippen molar-refractivity contribution in [3.8, 4) is 11.1 Å². The number of nitrogens with one attached hydrogen (secondary N) is 2. The Morgan fingerprint density at radius 2 is 1.88 bits per heavy atom. The molecule has 5 nitrogen and oxygen atoms in total. The van der Waals surface area contributed by atoms with Crippen LogP contribution in [0, 0.1) is 11.3 Å². The van der Waals surface area contributed by atoms with Crippen LogP contribution in [0.2, 0.25) is 0 Å². The largest absolute Gasteiger partial charge is 0.326 e. The summed E-state index contributed by atoms with van der Waals surface area (Å²) in [5.41, 5.74) is 2.65. The number of anilines is 1. The zero-order valence-electron chi connectivity index (χ0n) is 14.1. The van der Waals surface area contributed by atoms with E-state index in [1.807, 2.05) is 24.3 Å². The van der Waals surface area contributed by atoms with Crippen LogP contribution in [0.3, 0.4) is 0 Å². The zero-order valence-corrected chi connectivity index (χ0v) is 14.9. The number of hydrogen-bond donors (Lipinski definition) is 2. The van der Waals surface area contributed by atoms with Crippen LogP contribution in [0.1, 0.15) is 25.7 Å². The molecular formula is C19H23ClN4O. The number of rotatable bonds is 3. The van der Waals surface area contributed by atoms with Crippen LogP contribution in [0.15, 0.2) is 43.0 Å². The number of halogens is 1. The summed E-state index contributed by atoms with van der Waals surface area (Å²) in [5, 5.41) is 6.57. The van der Waals surface area contributed by atoms with Gasteiger partial charge in [0, 0.05) is 30.2 Å². The monoisotopic (exact) mass is 358 g/mol. The van der Waals surface area contributed by atoms with Crippen molar-refractivity contribution in [2.45, 2.75) is 25.7 Å². The Labute approximate surface area is 154 Å². The van der Waals surface area contributed by atoms with Crippen molar-refractivity contribution in [2.24, 2.45) is 11.3 Å². The van der Waals surface area contributed by atoms with Crippen LogP contribution in [0.4, 0.5) is 5.69 Å². The smallest absolute Gasteiger partial charge is 0.232 e. The van der Waals surface area contributed by atoms with E-state index in [0.717, 1.165) is 49.2 Å². The second-order valence-electron chi connectivity index (χ2n) is 6.89. The highest BCUT2D eigenvalue weighted by molar-refractivity contribution is 5.96. The molecule has 2 aliphatic rings. The Balaban J connectivity index is 0.00000182. The van der Waals surface area contributed by atoms with Crippen LogP contribution >= 0.6 is 12.4 Å². The first-order chi connectivity index (χ1) is 11.8. The van der Waals surface area contributed by atoms with Gasteiger partial charge in [-0.1, -0.05) is 25.0 Å². The number of fused-ring (bicyclic) bond motifs is 1. The van der Waals surface area contributed by atoms with Crippen LogP contribution < -0.4 is 10.6 Å². The minimum Gasteiger partial charge on any atom is -0.326 e. The third-order valence-electron chi connectivity index (χ3n) is 5.53. The average molecular weight is 359 g/mol. The van der Waals surface area contributed by atoms with Crippen LogP contribution in [-0.2, 0) is 4.79 Å². The normalized spacial score (nSPS) is 24.9. The van der Waals surface area contributed by atoms with Crippen molar-refractivity contribution < 1.29 is 4.79 Å². The van der Waals surface area contributed by atoms with E-state index < -0.39 is 0 Å². The van der Waals surface area contributed by atoms with Gasteiger partial charge in [-0.15, -0.1) is 12.4 Å². The standard InChI is InChI=1S/C19H22N4O.ClH/c24-18(19-8-2-1-3-16(19)11-20-12-19)23-17-6-4-14(5-7-17)15-9-21-13-22-10-15;/h4-7,9-10,13,16,20H,1-3,8,11-12H2,(H,23,24);1H/t16-,19+;/m0./s1. The van der Waals surface area contributed by atoms with Gasteiger partial charge in [-0.25, -0.2) is 9.97 Å². The Morgan fingerprint density at radius 1 is 1.12 bits per heavy atom. The van der Waals surface area contributed by atoms with E-state index in [0.29, 0.717) is 5.92 Å². The Hall–Kier alpha value is -1.98. The van der Waals surface area contributed by atoms with Crippen molar-refractivity contribution in [3.05, 3.63) is 43.0 Å². The minimum absolute atomic E-state index is 0. The van der Waals surface area contributed by atoms with Crippen LogP contribution in [0.25, 0.3) is 11.1 Å².